The highest BCUT2D eigenvalue weighted by Crippen LogP contribution is 2.20. The van der Waals surface area contributed by atoms with Gasteiger partial charge in [0.1, 0.15) is 5.82 Å². The Kier molecular flexibility index (Phi) is 6.20. The maximum atomic E-state index is 13.5. The van der Waals surface area contributed by atoms with E-state index in [2.05, 4.69) is 0 Å². The zero-order valence-corrected chi connectivity index (χ0v) is 11.4. The third kappa shape index (κ3) is 4.80. The van der Waals surface area contributed by atoms with E-state index in [0.717, 1.165) is 0 Å². The minimum absolute atomic E-state index is 0.115. The Bertz CT molecular complexity index is 342. The van der Waals surface area contributed by atoms with Crippen LogP contribution in [0.25, 0.3) is 0 Å². The first kappa shape index (κ1) is 14.7. The van der Waals surface area contributed by atoms with Crippen LogP contribution in [0, 0.1) is 5.82 Å². The van der Waals surface area contributed by atoms with E-state index in [1.54, 1.807) is 19.2 Å². The van der Waals surface area contributed by atoms with E-state index in [1.807, 2.05) is 11.9 Å². The molecule has 0 saturated carbocycles. The Hall–Kier alpha value is -0.350. The molecule has 0 fully saturated rings. The molecule has 0 N–H and O–H groups in total. The van der Waals surface area contributed by atoms with E-state index >= 15 is 0 Å². The molecule has 0 aromatic heterocycles. The SMILES string of the molecule is COCC(Cl)CN(C)Cc1c(F)cccc1Cl. The van der Waals surface area contributed by atoms with Crippen LogP contribution < -0.4 is 0 Å². The van der Waals surface area contributed by atoms with Crippen molar-refractivity contribution in [2.75, 3.05) is 27.3 Å². The highest BCUT2D eigenvalue weighted by atomic mass is 35.5. The Morgan fingerprint density at radius 3 is 2.76 bits per heavy atom. The molecule has 2 nitrogen and oxygen atoms in total. The van der Waals surface area contributed by atoms with Gasteiger partial charge in [-0.15, -0.1) is 11.6 Å². The maximum absolute atomic E-state index is 13.5. The molecule has 96 valence electrons. The smallest absolute Gasteiger partial charge is 0.129 e. The number of hydrogen-bond donors (Lipinski definition) is 0. The molecule has 0 spiro atoms. The van der Waals surface area contributed by atoms with E-state index in [-0.39, 0.29) is 11.2 Å². The van der Waals surface area contributed by atoms with Crippen LogP contribution in [0.3, 0.4) is 0 Å². The second-order valence-electron chi connectivity index (χ2n) is 3.95. The molecular weight excluding hydrogens is 264 g/mol. The van der Waals surface area contributed by atoms with Gasteiger partial charge in [0.2, 0.25) is 0 Å². The van der Waals surface area contributed by atoms with Crippen LogP contribution in [0.4, 0.5) is 4.39 Å². The summed E-state index contributed by atoms with van der Waals surface area (Å²) in [6, 6.07) is 4.68. The lowest BCUT2D eigenvalue weighted by Crippen LogP contribution is -2.28. The predicted octanol–water partition coefficient (Wildman–Crippen LogP) is 3.16. The van der Waals surface area contributed by atoms with Gasteiger partial charge in [0.25, 0.3) is 0 Å². The zero-order valence-electron chi connectivity index (χ0n) is 9.92. The van der Waals surface area contributed by atoms with Crippen molar-refractivity contribution in [1.29, 1.82) is 0 Å². The molecule has 0 bridgehead atoms. The first-order chi connectivity index (χ1) is 8.04. The molecule has 0 aliphatic rings. The predicted molar refractivity (Wildman–Crippen MR) is 69.3 cm³/mol. The van der Waals surface area contributed by atoms with E-state index in [1.165, 1.54) is 6.07 Å². The molecule has 1 rings (SSSR count). The fourth-order valence-electron chi connectivity index (χ4n) is 1.59. The van der Waals surface area contributed by atoms with Crippen LogP contribution in [0.2, 0.25) is 5.02 Å². The number of ether oxygens (including phenoxy) is 1. The maximum Gasteiger partial charge on any atom is 0.129 e. The Labute approximate surface area is 111 Å². The monoisotopic (exact) mass is 279 g/mol. The van der Waals surface area contributed by atoms with Gasteiger partial charge in [-0.1, -0.05) is 17.7 Å². The highest BCUT2D eigenvalue weighted by molar-refractivity contribution is 6.31. The molecule has 0 radical (unpaired) electrons. The standard InChI is InChI=1S/C12H16Cl2FNO/c1-16(6-9(13)8-17-2)7-10-11(14)4-3-5-12(10)15/h3-5,9H,6-8H2,1-2H3. The molecule has 0 aliphatic carbocycles. The summed E-state index contributed by atoms with van der Waals surface area (Å²) in [5.41, 5.74) is 0.498. The van der Waals surface area contributed by atoms with E-state index in [4.69, 9.17) is 27.9 Å². The van der Waals surface area contributed by atoms with Crippen molar-refractivity contribution in [1.82, 2.24) is 4.90 Å². The molecule has 1 atom stereocenters. The zero-order chi connectivity index (χ0) is 12.8. The molecule has 1 aromatic rings. The topological polar surface area (TPSA) is 12.5 Å². The van der Waals surface area contributed by atoms with E-state index < -0.39 is 0 Å². The summed E-state index contributed by atoms with van der Waals surface area (Å²) in [5, 5.41) is 0.324. The fourth-order valence-corrected chi connectivity index (χ4v) is 2.17. The molecule has 1 unspecified atom stereocenters. The fraction of sp³-hybridized carbons (Fsp3) is 0.500. The third-order valence-electron chi connectivity index (χ3n) is 2.35. The number of hydrogen-bond acceptors (Lipinski definition) is 2. The summed E-state index contributed by atoms with van der Waals surface area (Å²) < 4.78 is 18.5. The summed E-state index contributed by atoms with van der Waals surface area (Å²) in [7, 11) is 3.47. The first-order valence-corrected chi connectivity index (χ1v) is 6.10. The van der Waals surface area contributed by atoms with E-state index in [9.17, 15) is 4.39 Å². The van der Waals surface area contributed by atoms with Crippen molar-refractivity contribution in [2.24, 2.45) is 0 Å². The van der Waals surface area contributed by atoms with Crippen molar-refractivity contribution in [2.45, 2.75) is 11.9 Å². The van der Waals surface area contributed by atoms with Gasteiger partial charge in [-0.05, 0) is 19.2 Å². The summed E-state index contributed by atoms with van der Waals surface area (Å²) >= 11 is 12.0. The molecule has 0 aliphatic heterocycles. The molecule has 0 amide bonds. The summed E-state index contributed by atoms with van der Waals surface area (Å²) in [6.45, 7) is 1.51. The van der Waals surface area contributed by atoms with Crippen LogP contribution in [0.5, 0.6) is 0 Å². The van der Waals surface area contributed by atoms with Crippen molar-refractivity contribution in [3.8, 4) is 0 Å². The number of nitrogens with zero attached hydrogens (tertiary/aromatic N) is 1. The van der Waals surface area contributed by atoms with Crippen LogP contribution in [0.15, 0.2) is 18.2 Å². The van der Waals surface area contributed by atoms with Crippen LogP contribution in [-0.4, -0.2) is 37.6 Å². The lowest BCUT2D eigenvalue weighted by atomic mass is 10.2. The summed E-state index contributed by atoms with van der Waals surface area (Å²) in [5.74, 6) is -0.290. The van der Waals surface area contributed by atoms with Gasteiger partial charge in [-0.25, -0.2) is 4.39 Å². The molecule has 0 heterocycles. The van der Waals surface area contributed by atoms with Gasteiger partial charge in [0.05, 0.1) is 12.0 Å². The van der Waals surface area contributed by atoms with Gasteiger partial charge >= 0.3 is 0 Å². The van der Waals surface area contributed by atoms with Gasteiger partial charge in [0, 0.05) is 30.8 Å². The second kappa shape index (κ2) is 7.17. The number of halogens is 3. The average molecular weight is 280 g/mol. The molecular formula is C12H16Cl2FNO. The van der Waals surface area contributed by atoms with Crippen molar-refractivity contribution < 1.29 is 9.13 Å². The van der Waals surface area contributed by atoms with E-state index in [0.29, 0.717) is 30.3 Å². The number of methoxy groups -OCH3 is 1. The van der Waals surface area contributed by atoms with Crippen molar-refractivity contribution in [3.63, 3.8) is 0 Å². The first-order valence-electron chi connectivity index (χ1n) is 5.29. The number of rotatable bonds is 6. The summed E-state index contributed by atoms with van der Waals surface area (Å²) in [4.78, 5) is 1.92. The Balaban J connectivity index is 2.59. The average Bonchev–Trinajstić information content (AvgIpc) is 2.24. The second-order valence-corrected chi connectivity index (χ2v) is 4.97. The number of alkyl halides is 1. The summed E-state index contributed by atoms with van der Waals surface area (Å²) in [6.07, 6.45) is 0. The lowest BCUT2D eigenvalue weighted by Gasteiger charge is -2.20. The molecule has 5 heteroatoms. The quantitative estimate of drug-likeness (QED) is 0.742. The van der Waals surface area contributed by atoms with Crippen LogP contribution in [-0.2, 0) is 11.3 Å². The van der Waals surface area contributed by atoms with Crippen LogP contribution in [0.1, 0.15) is 5.56 Å². The molecule has 1 aromatic carbocycles. The highest BCUT2D eigenvalue weighted by Gasteiger charge is 2.12. The van der Waals surface area contributed by atoms with Crippen molar-refractivity contribution >= 4 is 23.2 Å². The third-order valence-corrected chi connectivity index (χ3v) is 2.97. The van der Waals surface area contributed by atoms with Crippen LogP contribution >= 0.6 is 23.2 Å². The van der Waals surface area contributed by atoms with Crippen molar-refractivity contribution in [3.05, 3.63) is 34.6 Å². The molecule has 17 heavy (non-hydrogen) atoms. The Morgan fingerprint density at radius 1 is 1.47 bits per heavy atom. The largest absolute Gasteiger partial charge is 0.383 e. The lowest BCUT2D eigenvalue weighted by molar-refractivity contribution is 0.181. The van der Waals surface area contributed by atoms with Gasteiger partial charge in [-0.3, -0.25) is 0 Å². The minimum Gasteiger partial charge on any atom is -0.383 e. The molecule has 0 saturated heterocycles. The number of benzene rings is 1. The van der Waals surface area contributed by atoms with Gasteiger partial charge < -0.3 is 9.64 Å². The van der Waals surface area contributed by atoms with Gasteiger partial charge in [0.15, 0.2) is 0 Å². The normalized spacial score (nSPS) is 13.1. The Morgan fingerprint density at radius 2 is 2.18 bits per heavy atom. The van der Waals surface area contributed by atoms with Gasteiger partial charge in [-0.2, -0.15) is 0 Å². The minimum atomic E-state index is -0.290.